The summed E-state index contributed by atoms with van der Waals surface area (Å²) in [7, 11) is 0. The van der Waals surface area contributed by atoms with Crippen LogP contribution in [0.1, 0.15) is 18.1 Å². The molecule has 4 rings (SSSR count). The van der Waals surface area contributed by atoms with E-state index in [0.717, 1.165) is 38.3 Å². The van der Waals surface area contributed by atoms with Gasteiger partial charge < -0.3 is 20.1 Å². The van der Waals surface area contributed by atoms with Crippen molar-refractivity contribution in [1.82, 2.24) is 19.8 Å². The number of hydrogen-bond acceptors (Lipinski definition) is 8. The zero-order valence-electron chi connectivity index (χ0n) is 19.3. The van der Waals surface area contributed by atoms with Crippen LogP contribution >= 0.6 is 0 Å². The molecule has 2 aliphatic rings. The van der Waals surface area contributed by atoms with Crippen LogP contribution in [0.3, 0.4) is 0 Å². The largest absolute Gasteiger partial charge is 0.447 e. The fraction of sp³-hybridized carbons (Fsp3) is 0.417. The van der Waals surface area contributed by atoms with Gasteiger partial charge in [0.1, 0.15) is 18.5 Å². The average molecular weight is 467 g/mol. The molecule has 0 saturated carbocycles. The van der Waals surface area contributed by atoms with Crippen molar-refractivity contribution in [1.29, 1.82) is 0 Å². The number of cyclic esters (lactones) is 1. The Morgan fingerprint density at radius 2 is 1.94 bits per heavy atom. The molecule has 2 unspecified atom stereocenters. The molecule has 2 aromatic rings. The summed E-state index contributed by atoms with van der Waals surface area (Å²) in [4.78, 5) is 38.0. The molecule has 0 bridgehead atoms. The van der Waals surface area contributed by atoms with Crippen LogP contribution in [0.5, 0.6) is 0 Å². The number of piperazine rings is 1. The number of rotatable bonds is 8. The molecule has 2 amide bonds. The molecule has 34 heavy (non-hydrogen) atoms. The van der Waals surface area contributed by atoms with E-state index in [1.54, 1.807) is 19.2 Å². The monoisotopic (exact) mass is 466 g/mol. The Balaban J connectivity index is 1.30. The van der Waals surface area contributed by atoms with Gasteiger partial charge in [0.15, 0.2) is 0 Å². The predicted molar refractivity (Wildman–Crippen MR) is 127 cm³/mol. The van der Waals surface area contributed by atoms with Gasteiger partial charge in [-0.25, -0.2) is 9.78 Å². The first-order chi connectivity index (χ1) is 16.4. The van der Waals surface area contributed by atoms with Gasteiger partial charge in [-0.2, -0.15) is 4.98 Å². The second-order valence-corrected chi connectivity index (χ2v) is 8.47. The number of hydrogen-bond donors (Lipinski definition) is 2. The molecule has 1 aromatic carbocycles. The van der Waals surface area contributed by atoms with Crippen LogP contribution in [0, 0.1) is 0 Å². The summed E-state index contributed by atoms with van der Waals surface area (Å²) in [6.07, 6.45) is 1.67. The number of ether oxygens (including phenoxy) is 1. The standard InChI is InChI=1S/C24H30N6O4/c1-3-22(32)29-12-10-28(11-13-29)15-19-6-4-18(5-7-19)14-26-23-25-9-8-21(27-23)30-20(17(2)31)16-34-24(30)33/h3-9,17,20,31H,1,10-16H2,2H3,(H,25,26,27). The quantitative estimate of drug-likeness (QED) is 0.565. The van der Waals surface area contributed by atoms with E-state index in [1.807, 2.05) is 4.90 Å². The van der Waals surface area contributed by atoms with Crippen LogP contribution in [0.25, 0.3) is 0 Å². The van der Waals surface area contributed by atoms with Crippen molar-refractivity contribution < 1.29 is 19.4 Å². The van der Waals surface area contributed by atoms with Crippen molar-refractivity contribution in [2.45, 2.75) is 32.2 Å². The van der Waals surface area contributed by atoms with Gasteiger partial charge in [-0.05, 0) is 30.2 Å². The predicted octanol–water partition coefficient (Wildman–Crippen LogP) is 1.62. The Labute approximate surface area is 198 Å². The lowest BCUT2D eigenvalue weighted by molar-refractivity contribution is -0.127. The van der Waals surface area contributed by atoms with Crippen molar-refractivity contribution in [3.05, 3.63) is 60.3 Å². The molecular formula is C24H30N6O4. The van der Waals surface area contributed by atoms with Crippen LogP contribution < -0.4 is 10.2 Å². The highest BCUT2D eigenvalue weighted by atomic mass is 16.6. The Hall–Kier alpha value is -3.50. The van der Waals surface area contributed by atoms with Gasteiger partial charge in [-0.1, -0.05) is 30.8 Å². The van der Waals surface area contributed by atoms with Gasteiger partial charge in [0.2, 0.25) is 11.9 Å². The third-order valence-corrected chi connectivity index (χ3v) is 6.09. The molecule has 2 aliphatic heterocycles. The molecule has 2 atom stereocenters. The minimum atomic E-state index is -0.741. The number of aromatic nitrogens is 2. The van der Waals surface area contributed by atoms with Crippen molar-refractivity contribution in [3.8, 4) is 0 Å². The second-order valence-electron chi connectivity index (χ2n) is 8.47. The SMILES string of the molecule is C=CC(=O)N1CCN(Cc2ccc(CNc3nccc(N4C(=O)OCC4C(C)O)n3)cc2)CC1. The lowest BCUT2D eigenvalue weighted by Gasteiger charge is -2.34. The molecule has 10 heteroatoms. The highest BCUT2D eigenvalue weighted by molar-refractivity contribution is 5.89. The van der Waals surface area contributed by atoms with Crippen LogP contribution in [-0.4, -0.2) is 81.8 Å². The molecule has 2 saturated heterocycles. The summed E-state index contributed by atoms with van der Waals surface area (Å²) in [5.41, 5.74) is 2.28. The van der Waals surface area contributed by atoms with Crippen LogP contribution in [0.15, 0.2) is 49.2 Å². The van der Waals surface area contributed by atoms with E-state index in [0.29, 0.717) is 18.3 Å². The second kappa shape index (κ2) is 10.6. The number of carbonyl (C=O) groups is 2. The van der Waals surface area contributed by atoms with E-state index >= 15 is 0 Å². The summed E-state index contributed by atoms with van der Waals surface area (Å²) < 4.78 is 5.07. The molecule has 3 heterocycles. The van der Waals surface area contributed by atoms with E-state index in [2.05, 4.69) is 51.0 Å². The highest BCUT2D eigenvalue weighted by Gasteiger charge is 2.38. The molecule has 2 N–H and O–H groups in total. The number of amides is 2. The summed E-state index contributed by atoms with van der Waals surface area (Å²) in [5, 5.41) is 13.1. The van der Waals surface area contributed by atoms with Crippen molar-refractivity contribution in [2.24, 2.45) is 0 Å². The fourth-order valence-corrected chi connectivity index (χ4v) is 4.08. The van der Waals surface area contributed by atoms with Gasteiger partial charge >= 0.3 is 6.09 Å². The smallest absolute Gasteiger partial charge is 0.416 e. The van der Waals surface area contributed by atoms with Gasteiger partial charge in [-0.15, -0.1) is 0 Å². The molecule has 1 aromatic heterocycles. The topological polar surface area (TPSA) is 111 Å². The number of carbonyl (C=O) groups excluding carboxylic acids is 2. The van der Waals surface area contributed by atoms with Gasteiger partial charge in [0, 0.05) is 45.5 Å². The number of benzene rings is 1. The first-order valence-electron chi connectivity index (χ1n) is 11.4. The van der Waals surface area contributed by atoms with E-state index in [9.17, 15) is 14.7 Å². The third kappa shape index (κ3) is 5.52. The zero-order valence-corrected chi connectivity index (χ0v) is 19.3. The first kappa shape index (κ1) is 23.7. The molecule has 0 radical (unpaired) electrons. The number of anilines is 2. The van der Waals surface area contributed by atoms with E-state index in [-0.39, 0.29) is 12.5 Å². The molecule has 10 nitrogen and oxygen atoms in total. The summed E-state index contributed by atoms with van der Waals surface area (Å²) in [6, 6.07) is 9.46. The number of aliphatic hydroxyl groups is 1. The summed E-state index contributed by atoms with van der Waals surface area (Å²) in [5.74, 6) is 0.767. The van der Waals surface area contributed by atoms with Crippen molar-refractivity contribution in [2.75, 3.05) is 43.0 Å². The maximum atomic E-state index is 12.1. The van der Waals surface area contributed by atoms with Crippen LogP contribution in [-0.2, 0) is 22.6 Å². The van der Waals surface area contributed by atoms with E-state index in [1.165, 1.54) is 16.5 Å². The summed E-state index contributed by atoms with van der Waals surface area (Å²) >= 11 is 0. The van der Waals surface area contributed by atoms with Crippen LogP contribution in [0.4, 0.5) is 16.6 Å². The van der Waals surface area contributed by atoms with Gasteiger partial charge in [-0.3, -0.25) is 14.6 Å². The zero-order chi connectivity index (χ0) is 24.1. The molecule has 0 aliphatic carbocycles. The lowest BCUT2D eigenvalue weighted by atomic mass is 10.1. The Kier molecular flexibility index (Phi) is 7.39. The number of nitrogens with zero attached hydrogens (tertiary/aromatic N) is 5. The Morgan fingerprint density at radius 3 is 2.62 bits per heavy atom. The lowest BCUT2D eigenvalue weighted by Crippen LogP contribution is -2.47. The van der Waals surface area contributed by atoms with Gasteiger partial charge in [0.05, 0.1) is 6.10 Å². The van der Waals surface area contributed by atoms with E-state index < -0.39 is 18.2 Å². The number of nitrogens with one attached hydrogen (secondary N) is 1. The van der Waals surface area contributed by atoms with Crippen LogP contribution in [0.2, 0.25) is 0 Å². The molecule has 0 spiro atoms. The minimum Gasteiger partial charge on any atom is -0.447 e. The van der Waals surface area contributed by atoms with Crippen molar-refractivity contribution >= 4 is 23.8 Å². The average Bonchev–Trinajstić information content (AvgIpc) is 3.25. The maximum absolute atomic E-state index is 12.1. The summed E-state index contributed by atoms with van der Waals surface area (Å²) in [6.45, 7) is 9.79. The molecular weight excluding hydrogens is 436 g/mol. The normalized spacial score (nSPS) is 19.6. The van der Waals surface area contributed by atoms with Crippen molar-refractivity contribution in [3.63, 3.8) is 0 Å². The third-order valence-electron chi connectivity index (χ3n) is 6.09. The molecule has 2 fully saturated rings. The first-order valence-corrected chi connectivity index (χ1v) is 11.4. The minimum absolute atomic E-state index is 0.00541. The fourth-order valence-electron chi connectivity index (χ4n) is 4.08. The Bertz CT molecular complexity index is 1020. The Morgan fingerprint density at radius 1 is 1.24 bits per heavy atom. The molecule has 180 valence electrons. The number of aliphatic hydroxyl groups excluding tert-OH is 1. The van der Waals surface area contributed by atoms with E-state index in [4.69, 9.17) is 4.74 Å². The maximum Gasteiger partial charge on any atom is 0.416 e. The van der Waals surface area contributed by atoms with Gasteiger partial charge in [0.25, 0.3) is 0 Å². The highest BCUT2D eigenvalue weighted by Crippen LogP contribution is 2.23.